The van der Waals surface area contributed by atoms with Crippen molar-refractivity contribution in [2.75, 3.05) is 34.2 Å². The zero-order chi connectivity index (χ0) is 18.9. The fourth-order valence-electron chi connectivity index (χ4n) is 2.84. The number of nitrogens with one attached hydrogen (secondary N) is 2. The molecule has 1 heterocycles. The molecule has 2 N–H and O–H groups in total. The molecule has 0 amide bonds. The lowest BCUT2D eigenvalue weighted by Gasteiger charge is -2.26. The molecule has 0 aliphatic heterocycles. The molecule has 7 heteroatoms. The molecule has 0 aliphatic carbocycles. The molecule has 2 rings (SSSR count). The molecular weight excluding hydrogens is 326 g/mol. The van der Waals surface area contributed by atoms with Gasteiger partial charge in [-0.25, -0.2) is 0 Å². The number of hydrogen-bond donors (Lipinski definition) is 2. The van der Waals surface area contributed by atoms with E-state index in [4.69, 9.17) is 0 Å². The van der Waals surface area contributed by atoms with Crippen molar-refractivity contribution < 1.29 is 0 Å². The van der Waals surface area contributed by atoms with Crippen LogP contribution in [0.25, 0.3) is 0 Å². The third kappa shape index (κ3) is 5.56. The predicted molar refractivity (Wildman–Crippen MR) is 106 cm³/mol. The highest BCUT2D eigenvalue weighted by Gasteiger charge is 2.14. The van der Waals surface area contributed by atoms with Gasteiger partial charge in [0, 0.05) is 33.1 Å². The molecule has 0 saturated heterocycles. The third-order valence-corrected chi connectivity index (χ3v) is 4.43. The van der Waals surface area contributed by atoms with Gasteiger partial charge in [-0.05, 0) is 26.6 Å². The van der Waals surface area contributed by atoms with E-state index in [1.54, 1.807) is 13.4 Å². The zero-order valence-electron chi connectivity index (χ0n) is 16.5. The first kappa shape index (κ1) is 19.9. The molecule has 0 radical (unpaired) electrons. The van der Waals surface area contributed by atoms with Crippen LogP contribution >= 0.6 is 0 Å². The Bertz CT molecular complexity index is 688. The average molecular weight is 358 g/mol. The Labute approximate surface area is 156 Å². The molecule has 26 heavy (non-hydrogen) atoms. The van der Waals surface area contributed by atoms with E-state index in [9.17, 15) is 0 Å². The molecular formula is C19H31N7. The van der Waals surface area contributed by atoms with Gasteiger partial charge in [-0.1, -0.05) is 36.8 Å². The maximum absolute atomic E-state index is 4.32. The van der Waals surface area contributed by atoms with Crippen molar-refractivity contribution in [2.24, 2.45) is 4.99 Å². The maximum atomic E-state index is 4.32. The number of guanidine groups is 1. The fraction of sp³-hybridized carbons (Fsp3) is 0.526. The van der Waals surface area contributed by atoms with E-state index in [1.165, 1.54) is 11.1 Å². The number of hydrogen-bond acceptors (Lipinski definition) is 4. The van der Waals surface area contributed by atoms with E-state index >= 15 is 0 Å². The molecule has 1 aromatic carbocycles. The van der Waals surface area contributed by atoms with Crippen LogP contribution in [0.4, 0.5) is 0 Å². The van der Waals surface area contributed by atoms with E-state index < -0.39 is 0 Å². The van der Waals surface area contributed by atoms with Crippen LogP contribution in [0.1, 0.15) is 29.9 Å². The highest BCUT2D eigenvalue weighted by molar-refractivity contribution is 5.79. The summed E-state index contributed by atoms with van der Waals surface area (Å²) in [5.74, 6) is 1.80. The summed E-state index contributed by atoms with van der Waals surface area (Å²) in [7, 11) is 5.99. The summed E-state index contributed by atoms with van der Waals surface area (Å²) in [5.41, 5.74) is 2.57. The van der Waals surface area contributed by atoms with Crippen LogP contribution < -0.4 is 10.6 Å². The van der Waals surface area contributed by atoms with E-state index in [-0.39, 0.29) is 6.04 Å². The Kier molecular flexibility index (Phi) is 7.59. The van der Waals surface area contributed by atoms with E-state index in [0.717, 1.165) is 37.8 Å². The van der Waals surface area contributed by atoms with Crippen LogP contribution in [0, 0.1) is 6.92 Å². The second kappa shape index (κ2) is 9.91. The van der Waals surface area contributed by atoms with Crippen LogP contribution in [0.3, 0.4) is 0 Å². The Balaban J connectivity index is 1.87. The Morgan fingerprint density at radius 1 is 1.23 bits per heavy atom. The van der Waals surface area contributed by atoms with Gasteiger partial charge in [0.15, 0.2) is 5.96 Å². The van der Waals surface area contributed by atoms with Crippen molar-refractivity contribution in [1.29, 1.82) is 0 Å². The number of aliphatic imine (C=N–C) groups is 1. The van der Waals surface area contributed by atoms with Crippen LogP contribution in [-0.2, 0) is 13.0 Å². The second-order valence-electron chi connectivity index (χ2n) is 6.56. The molecule has 7 nitrogen and oxygen atoms in total. The fourth-order valence-corrected chi connectivity index (χ4v) is 2.84. The number of benzene rings is 1. The van der Waals surface area contributed by atoms with Crippen LogP contribution in [0.2, 0.25) is 0 Å². The van der Waals surface area contributed by atoms with Gasteiger partial charge in [0.1, 0.15) is 12.2 Å². The number of aryl methyl sites for hydroxylation is 2. The van der Waals surface area contributed by atoms with Crippen molar-refractivity contribution in [3.8, 4) is 0 Å². The highest BCUT2D eigenvalue weighted by Crippen LogP contribution is 2.17. The quantitative estimate of drug-likeness (QED) is 0.555. The first-order valence-corrected chi connectivity index (χ1v) is 9.09. The molecule has 142 valence electrons. The van der Waals surface area contributed by atoms with Gasteiger partial charge in [0.05, 0.1) is 6.04 Å². The number of rotatable bonds is 8. The summed E-state index contributed by atoms with van der Waals surface area (Å²) in [4.78, 5) is 6.54. The zero-order valence-corrected chi connectivity index (χ0v) is 16.5. The minimum atomic E-state index is 0.277. The molecule has 0 fully saturated rings. The minimum Gasteiger partial charge on any atom is -0.355 e. The largest absolute Gasteiger partial charge is 0.355 e. The van der Waals surface area contributed by atoms with Gasteiger partial charge >= 0.3 is 0 Å². The topological polar surface area (TPSA) is 70.4 Å². The standard InChI is InChI=1S/C19H31N7/c1-6-18-24-23-14-26(18)12-11-21-19(20-3)22-13-17(25(4)5)16-9-7-15(2)8-10-16/h7-10,14,17H,6,11-13H2,1-5H3,(H2,20,21,22). The molecule has 0 aliphatic rings. The summed E-state index contributed by atoms with van der Waals surface area (Å²) in [6.07, 6.45) is 2.66. The van der Waals surface area contributed by atoms with Crippen molar-refractivity contribution in [3.63, 3.8) is 0 Å². The highest BCUT2D eigenvalue weighted by atomic mass is 15.3. The lowest BCUT2D eigenvalue weighted by atomic mass is 10.0. The second-order valence-corrected chi connectivity index (χ2v) is 6.56. The summed E-state index contributed by atoms with van der Waals surface area (Å²) >= 11 is 0. The van der Waals surface area contributed by atoms with E-state index in [1.807, 2.05) is 0 Å². The number of nitrogens with zero attached hydrogens (tertiary/aromatic N) is 5. The van der Waals surface area contributed by atoms with Gasteiger partial charge in [-0.2, -0.15) is 0 Å². The van der Waals surface area contributed by atoms with E-state index in [2.05, 4.69) is 87.5 Å². The van der Waals surface area contributed by atoms with Crippen molar-refractivity contribution in [2.45, 2.75) is 32.9 Å². The van der Waals surface area contributed by atoms with Crippen LogP contribution in [0.5, 0.6) is 0 Å². The van der Waals surface area contributed by atoms with Crippen LogP contribution in [-0.4, -0.2) is 59.9 Å². The van der Waals surface area contributed by atoms with Gasteiger partial charge < -0.3 is 20.1 Å². The number of likely N-dealkylation sites (N-methyl/N-ethyl adjacent to an activating group) is 1. The lowest BCUT2D eigenvalue weighted by Crippen LogP contribution is -2.42. The van der Waals surface area contributed by atoms with Crippen molar-refractivity contribution >= 4 is 5.96 Å². The van der Waals surface area contributed by atoms with Crippen molar-refractivity contribution in [3.05, 3.63) is 47.5 Å². The van der Waals surface area contributed by atoms with Gasteiger partial charge in [0.2, 0.25) is 0 Å². The number of aromatic nitrogens is 3. The average Bonchev–Trinajstić information content (AvgIpc) is 3.09. The summed E-state index contributed by atoms with van der Waals surface area (Å²) < 4.78 is 2.06. The normalized spacial score (nSPS) is 13.1. The summed E-state index contributed by atoms with van der Waals surface area (Å²) in [5, 5.41) is 14.9. The van der Waals surface area contributed by atoms with Crippen molar-refractivity contribution in [1.82, 2.24) is 30.3 Å². The van der Waals surface area contributed by atoms with Gasteiger partial charge in [-0.3, -0.25) is 4.99 Å². The van der Waals surface area contributed by atoms with E-state index in [0.29, 0.717) is 0 Å². The summed E-state index contributed by atoms with van der Waals surface area (Å²) in [6.45, 7) is 6.55. The minimum absolute atomic E-state index is 0.277. The molecule has 0 spiro atoms. The molecule has 0 saturated carbocycles. The monoisotopic (exact) mass is 357 g/mol. The Morgan fingerprint density at radius 3 is 2.58 bits per heavy atom. The molecule has 1 aromatic heterocycles. The van der Waals surface area contributed by atoms with Gasteiger partial charge in [-0.15, -0.1) is 10.2 Å². The maximum Gasteiger partial charge on any atom is 0.191 e. The SMILES string of the molecule is CCc1nncn1CCNC(=NC)NCC(c1ccc(C)cc1)N(C)C. The molecule has 1 atom stereocenters. The first-order chi connectivity index (χ1) is 12.5. The molecule has 1 unspecified atom stereocenters. The third-order valence-electron chi connectivity index (χ3n) is 4.43. The smallest absolute Gasteiger partial charge is 0.191 e. The predicted octanol–water partition coefficient (Wildman–Crippen LogP) is 1.62. The lowest BCUT2D eigenvalue weighted by molar-refractivity contribution is 0.298. The Hall–Kier alpha value is -2.41. The van der Waals surface area contributed by atoms with Gasteiger partial charge in [0.25, 0.3) is 0 Å². The molecule has 2 aromatic rings. The van der Waals surface area contributed by atoms with Crippen LogP contribution in [0.15, 0.2) is 35.6 Å². The summed E-state index contributed by atoms with van der Waals surface area (Å²) in [6, 6.07) is 8.97. The molecule has 0 bridgehead atoms. The Morgan fingerprint density at radius 2 is 1.96 bits per heavy atom. The first-order valence-electron chi connectivity index (χ1n) is 9.09.